The molecule has 0 bridgehead atoms. The first kappa shape index (κ1) is 19.7. The van der Waals surface area contributed by atoms with Crippen LogP contribution in [0.5, 0.6) is 0 Å². The average Bonchev–Trinajstić information content (AvgIpc) is 2.44. The van der Waals surface area contributed by atoms with Gasteiger partial charge in [0.1, 0.15) is 6.61 Å². The molecule has 0 radical (unpaired) electrons. The molecular formula is C12H23O7P-2. The third kappa shape index (κ3) is 8.79. The van der Waals surface area contributed by atoms with Gasteiger partial charge in [0, 0.05) is 6.42 Å². The summed E-state index contributed by atoms with van der Waals surface area (Å²) >= 11 is 0. The zero-order valence-corrected chi connectivity index (χ0v) is 12.6. The van der Waals surface area contributed by atoms with Gasteiger partial charge >= 0.3 is 5.97 Å². The zero-order chi connectivity index (χ0) is 15.4. The van der Waals surface area contributed by atoms with Crippen molar-refractivity contribution >= 4 is 14.6 Å². The van der Waals surface area contributed by atoms with Gasteiger partial charge < -0.3 is 29.3 Å². The molecule has 20 heavy (non-hydrogen) atoms. The molecule has 0 fully saturated rings. The van der Waals surface area contributed by atoms with Crippen LogP contribution in [0.3, 0.4) is 0 Å². The number of carbonyl (C=O) groups excluding carboxylic acids is 1. The summed E-state index contributed by atoms with van der Waals surface area (Å²) in [5.41, 5.74) is -1.30. The summed E-state index contributed by atoms with van der Waals surface area (Å²) < 4.78 is 9.34. The number of aliphatic hydroxyl groups excluding tert-OH is 2. The molecule has 0 rings (SSSR count). The van der Waals surface area contributed by atoms with Crippen LogP contribution in [0.4, 0.5) is 0 Å². The topological polar surface area (TPSA) is 122 Å². The van der Waals surface area contributed by atoms with E-state index in [4.69, 9.17) is 4.74 Å². The number of ether oxygens (including phenoxy) is 1. The molecule has 0 aliphatic heterocycles. The number of hydrogen-bond acceptors (Lipinski definition) is 7. The van der Waals surface area contributed by atoms with Crippen LogP contribution in [0.15, 0.2) is 0 Å². The van der Waals surface area contributed by atoms with Crippen molar-refractivity contribution in [2.45, 2.75) is 39.0 Å². The molecule has 0 aliphatic rings. The Morgan fingerprint density at radius 2 is 1.80 bits per heavy atom. The first-order valence-corrected chi connectivity index (χ1v) is 7.74. The van der Waals surface area contributed by atoms with E-state index in [2.05, 4.69) is 11.4 Å². The van der Waals surface area contributed by atoms with Crippen LogP contribution in [-0.2, 0) is 14.1 Å². The van der Waals surface area contributed by atoms with Crippen LogP contribution in [0.1, 0.15) is 39.0 Å². The second-order valence-electron chi connectivity index (χ2n) is 4.78. The molecule has 0 saturated heterocycles. The molecule has 0 aromatic heterocycles. The van der Waals surface area contributed by atoms with Crippen LogP contribution in [0.25, 0.3) is 0 Å². The highest BCUT2D eigenvalue weighted by molar-refractivity contribution is 7.36. The first-order valence-electron chi connectivity index (χ1n) is 6.64. The van der Waals surface area contributed by atoms with E-state index in [0.717, 1.165) is 25.7 Å². The average molecular weight is 310 g/mol. The third-order valence-electron chi connectivity index (χ3n) is 2.92. The lowest BCUT2D eigenvalue weighted by Crippen LogP contribution is -2.40. The van der Waals surface area contributed by atoms with Crippen molar-refractivity contribution in [1.82, 2.24) is 0 Å². The van der Waals surface area contributed by atoms with Gasteiger partial charge in [0.2, 0.25) is 0 Å². The first-order chi connectivity index (χ1) is 9.49. The van der Waals surface area contributed by atoms with Gasteiger partial charge in [-0.2, -0.15) is 8.60 Å². The summed E-state index contributed by atoms with van der Waals surface area (Å²) in [6, 6.07) is 0. The van der Waals surface area contributed by atoms with Crippen molar-refractivity contribution in [2.24, 2.45) is 5.41 Å². The summed E-state index contributed by atoms with van der Waals surface area (Å²) in [7, 11) is -3.08. The Balaban J connectivity index is 4.08. The fraction of sp³-hybridized carbons (Fsp3) is 0.917. The second kappa shape index (κ2) is 11.4. The van der Waals surface area contributed by atoms with Gasteiger partial charge in [-0.15, -0.1) is 0 Å². The lowest BCUT2D eigenvalue weighted by molar-refractivity contribution is -0.320. The summed E-state index contributed by atoms with van der Waals surface area (Å²) in [5, 5.41) is 18.4. The summed E-state index contributed by atoms with van der Waals surface area (Å²) in [5.74, 6) is -0.432. The van der Waals surface area contributed by atoms with E-state index in [-0.39, 0.29) is 13.0 Å². The van der Waals surface area contributed by atoms with Crippen LogP contribution in [0.2, 0.25) is 0 Å². The van der Waals surface area contributed by atoms with Gasteiger partial charge in [-0.3, -0.25) is 4.79 Å². The minimum Gasteiger partial charge on any atom is -0.820 e. The number of hydrogen-bond donors (Lipinski definition) is 2. The zero-order valence-electron chi connectivity index (χ0n) is 11.7. The van der Waals surface area contributed by atoms with E-state index in [0.29, 0.717) is 0 Å². The standard InChI is InChI=1S/C12H23O7P/c1-2-3-4-5-6-11(15)18-9-12(7-13,8-14)10-19-20(16)17/h13-14H,2-10H2,1H3/q-2. The maximum absolute atomic E-state index is 11.5. The molecule has 0 spiro atoms. The van der Waals surface area contributed by atoms with Crippen molar-refractivity contribution in [3.05, 3.63) is 0 Å². The molecule has 2 N–H and O–H groups in total. The van der Waals surface area contributed by atoms with Crippen molar-refractivity contribution in [3.63, 3.8) is 0 Å². The van der Waals surface area contributed by atoms with Crippen molar-refractivity contribution in [2.75, 3.05) is 26.4 Å². The Morgan fingerprint density at radius 1 is 1.15 bits per heavy atom. The quantitative estimate of drug-likeness (QED) is 0.281. The fourth-order valence-electron chi connectivity index (χ4n) is 1.47. The lowest BCUT2D eigenvalue weighted by atomic mass is 9.93. The molecule has 120 valence electrons. The van der Waals surface area contributed by atoms with E-state index in [1.165, 1.54) is 0 Å². The SMILES string of the molecule is CCCCCCC(=O)OCC(CO)(CO)COP([O-])[O-]. The second-order valence-corrected chi connectivity index (χ2v) is 5.49. The Kier molecular flexibility index (Phi) is 11.2. The van der Waals surface area contributed by atoms with Gasteiger partial charge in [0.25, 0.3) is 0 Å². The molecule has 0 aromatic rings. The maximum Gasteiger partial charge on any atom is 0.305 e. The molecule has 0 aromatic carbocycles. The maximum atomic E-state index is 11.5. The lowest BCUT2D eigenvalue weighted by Gasteiger charge is -2.36. The highest BCUT2D eigenvalue weighted by Crippen LogP contribution is 2.24. The number of rotatable bonds is 12. The van der Waals surface area contributed by atoms with E-state index in [1.807, 2.05) is 0 Å². The van der Waals surface area contributed by atoms with Gasteiger partial charge in [-0.25, -0.2) is 0 Å². The van der Waals surface area contributed by atoms with Crippen LogP contribution < -0.4 is 9.79 Å². The third-order valence-corrected chi connectivity index (χ3v) is 3.26. The van der Waals surface area contributed by atoms with E-state index >= 15 is 0 Å². The highest BCUT2D eigenvalue weighted by atomic mass is 31.2. The molecule has 0 heterocycles. The molecule has 0 amide bonds. The van der Waals surface area contributed by atoms with Gasteiger partial charge in [0.15, 0.2) is 0 Å². The molecule has 7 nitrogen and oxygen atoms in total. The number of unbranched alkanes of at least 4 members (excludes halogenated alkanes) is 3. The van der Waals surface area contributed by atoms with Gasteiger partial charge in [-0.05, 0) is 6.42 Å². The van der Waals surface area contributed by atoms with Crippen molar-refractivity contribution in [1.29, 1.82) is 0 Å². The summed E-state index contributed by atoms with van der Waals surface area (Å²) in [6.45, 7) is 0.263. The minimum absolute atomic E-state index is 0.267. The molecular weight excluding hydrogens is 287 g/mol. The van der Waals surface area contributed by atoms with Crippen LogP contribution in [0, 0.1) is 5.41 Å². The molecule has 0 saturated carbocycles. The van der Waals surface area contributed by atoms with Gasteiger partial charge in [-0.1, -0.05) is 26.2 Å². The summed E-state index contributed by atoms with van der Waals surface area (Å²) in [4.78, 5) is 32.2. The molecule has 0 unspecified atom stereocenters. The Morgan fingerprint density at radius 3 is 2.30 bits per heavy atom. The van der Waals surface area contributed by atoms with Crippen LogP contribution in [-0.4, -0.2) is 42.6 Å². The number of esters is 1. The minimum atomic E-state index is -3.08. The molecule has 8 heteroatoms. The van der Waals surface area contributed by atoms with Crippen molar-refractivity contribution < 1.29 is 34.1 Å². The smallest absolute Gasteiger partial charge is 0.305 e. The fourth-order valence-corrected chi connectivity index (χ4v) is 1.85. The van der Waals surface area contributed by atoms with E-state index in [1.54, 1.807) is 0 Å². The monoisotopic (exact) mass is 310 g/mol. The van der Waals surface area contributed by atoms with E-state index < -0.39 is 39.8 Å². The van der Waals surface area contributed by atoms with Gasteiger partial charge in [0.05, 0.1) is 25.2 Å². The Hall–Kier alpha value is -0.300. The Labute approximate surface area is 120 Å². The summed E-state index contributed by atoms with van der Waals surface area (Å²) in [6.07, 6.45) is 4.05. The van der Waals surface area contributed by atoms with Crippen LogP contribution >= 0.6 is 8.60 Å². The predicted molar refractivity (Wildman–Crippen MR) is 69.2 cm³/mol. The number of carbonyl (C=O) groups is 1. The normalized spacial score (nSPS) is 11.9. The van der Waals surface area contributed by atoms with E-state index in [9.17, 15) is 24.8 Å². The Bertz CT molecular complexity index is 256. The number of aliphatic hydroxyl groups is 2. The van der Waals surface area contributed by atoms with Crippen molar-refractivity contribution in [3.8, 4) is 0 Å². The highest BCUT2D eigenvalue weighted by Gasteiger charge is 2.31. The molecule has 0 atom stereocenters. The largest absolute Gasteiger partial charge is 0.820 e. The molecule has 0 aliphatic carbocycles. The predicted octanol–water partition coefficient (Wildman–Crippen LogP) is -0.565.